The Bertz CT molecular complexity index is 486. The molecule has 0 aliphatic carbocycles. The zero-order valence-electron chi connectivity index (χ0n) is 8.88. The SMILES string of the molecule is Cc1cn(C/C=C\[C@@H](O)CO)c(=O)[nH]c1=O. The van der Waals surface area contributed by atoms with Gasteiger partial charge in [-0.3, -0.25) is 14.3 Å². The maximum absolute atomic E-state index is 11.3. The predicted molar refractivity (Wildman–Crippen MR) is 58.3 cm³/mol. The van der Waals surface area contributed by atoms with Crippen LogP contribution in [0.3, 0.4) is 0 Å². The largest absolute Gasteiger partial charge is 0.393 e. The highest BCUT2D eigenvalue weighted by atomic mass is 16.3. The average molecular weight is 226 g/mol. The van der Waals surface area contributed by atoms with Gasteiger partial charge in [-0.25, -0.2) is 4.79 Å². The van der Waals surface area contributed by atoms with Gasteiger partial charge in [-0.15, -0.1) is 0 Å². The van der Waals surface area contributed by atoms with Crippen LogP contribution in [0.4, 0.5) is 0 Å². The fourth-order valence-electron chi connectivity index (χ4n) is 1.15. The first kappa shape index (κ1) is 12.4. The van der Waals surface area contributed by atoms with Crippen LogP contribution in [0.2, 0.25) is 0 Å². The Balaban J connectivity index is 2.83. The molecule has 1 heterocycles. The van der Waals surface area contributed by atoms with Crippen molar-refractivity contribution in [3.63, 3.8) is 0 Å². The van der Waals surface area contributed by atoms with E-state index in [1.807, 2.05) is 0 Å². The third-order valence-corrected chi connectivity index (χ3v) is 2.04. The first-order valence-corrected chi connectivity index (χ1v) is 4.80. The van der Waals surface area contributed by atoms with Gasteiger partial charge in [0.05, 0.1) is 12.7 Å². The van der Waals surface area contributed by atoms with E-state index in [0.717, 1.165) is 0 Å². The molecule has 0 saturated heterocycles. The van der Waals surface area contributed by atoms with E-state index < -0.39 is 17.4 Å². The summed E-state index contributed by atoms with van der Waals surface area (Å²) in [5.74, 6) is 0. The molecule has 0 aliphatic rings. The summed E-state index contributed by atoms with van der Waals surface area (Å²) in [5, 5.41) is 17.6. The van der Waals surface area contributed by atoms with E-state index >= 15 is 0 Å². The maximum Gasteiger partial charge on any atom is 0.328 e. The van der Waals surface area contributed by atoms with Gasteiger partial charge in [-0.1, -0.05) is 12.2 Å². The Labute approximate surface area is 91.5 Å². The van der Waals surface area contributed by atoms with Crippen LogP contribution in [0.5, 0.6) is 0 Å². The van der Waals surface area contributed by atoms with Crippen molar-refractivity contribution >= 4 is 0 Å². The van der Waals surface area contributed by atoms with E-state index in [9.17, 15) is 9.59 Å². The lowest BCUT2D eigenvalue weighted by Crippen LogP contribution is -2.30. The molecule has 0 saturated carbocycles. The molecule has 0 unspecified atom stereocenters. The highest BCUT2D eigenvalue weighted by Crippen LogP contribution is 1.88. The molecule has 88 valence electrons. The first-order chi connectivity index (χ1) is 7.54. The summed E-state index contributed by atoms with van der Waals surface area (Å²) < 4.78 is 1.30. The molecule has 0 amide bonds. The second-order valence-electron chi connectivity index (χ2n) is 3.40. The smallest absolute Gasteiger partial charge is 0.328 e. The van der Waals surface area contributed by atoms with Crippen LogP contribution < -0.4 is 11.2 Å². The molecule has 16 heavy (non-hydrogen) atoms. The van der Waals surface area contributed by atoms with Crippen molar-refractivity contribution < 1.29 is 10.2 Å². The fourth-order valence-corrected chi connectivity index (χ4v) is 1.15. The minimum absolute atomic E-state index is 0.230. The molecular weight excluding hydrogens is 212 g/mol. The van der Waals surface area contributed by atoms with E-state index in [0.29, 0.717) is 5.56 Å². The van der Waals surface area contributed by atoms with Crippen molar-refractivity contribution in [3.05, 3.63) is 44.8 Å². The van der Waals surface area contributed by atoms with Crippen LogP contribution in [0, 0.1) is 6.92 Å². The summed E-state index contributed by atoms with van der Waals surface area (Å²) in [6, 6.07) is 0. The molecule has 0 aromatic carbocycles. The molecule has 6 heteroatoms. The van der Waals surface area contributed by atoms with Crippen LogP contribution in [-0.4, -0.2) is 32.5 Å². The summed E-state index contributed by atoms with van der Waals surface area (Å²) in [7, 11) is 0. The number of nitrogens with one attached hydrogen (secondary N) is 1. The minimum atomic E-state index is -0.931. The number of hydrogen-bond donors (Lipinski definition) is 3. The Morgan fingerprint density at radius 3 is 2.88 bits per heavy atom. The number of aliphatic hydroxyl groups excluding tert-OH is 2. The van der Waals surface area contributed by atoms with Crippen LogP contribution in [0.25, 0.3) is 0 Å². The quantitative estimate of drug-likeness (QED) is 0.559. The van der Waals surface area contributed by atoms with Gasteiger partial charge in [0.2, 0.25) is 0 Å². The van der Waals surface area contributed by atoms with E-state index in [-0.39, 0.29) is 13.2 Å². The summed E-state index contributed by atoms with van der Waals surface area (Å²) in [6.45, 7) is 1.46. The monoisotopic (exact) mass is 226 g/mol. The lowest BCUT2D eigenvalue weighted by Gasteiger charge is -2.03. The molecule has 0 radical (unpaired) electrons. The number of aliphatic hydroxyl groups is 2. The number of aryl methyl sites for hydroxylation is 1. The van der Waals surface area contributed by atoms with Crippen molar-refractivity contribution in [2.45, 2.75) is 19.6 Å². The minimum Gasteiger partial charge on any atom is -0.393 e. The Hall–Kier alpha value is -1.66. The molecule has 6 nitrogen and oxygen atoms in total. The third kappa shape index (κ3) is 3.18. The first-order valence-electron chi connectivity index (χ1n) is 4.80. The fraction of sp³-hybridized carbons (Fsp3) is 0.400. The molecule has 3 N–H and O–H groups in total. The summed E-state index contributed by atoms with van der Waals surface area (Å²) in [4.78, 5) is 24.5. The normalized spacial score (nSPS) is 13.2. The van der Waals surface area contributed by atoms with Crippen molar-refractivity contribution in [1.82, 2.24) is 9.55 Å². The molecule has 1 atom stereocenters. The Morgan fingerprint density at radius 1 is 1.56 bits per heavy atom. The highest BCUT2D eigenvalue weighted by Gasteiger charge is 1.99. The Morgan fingerprint density at radius 2 is 2.25 bits per heavy atom. The van der Waals surface area contributed by atoms with Crippen molar-refractivity contribution in [2.24, 2.45) is 0 Å². The van der Waals surface area contributed by atoms with E-state index in [2.05, 4.69) is 4.98 Å². The summed E-state index contributed by atoms with van der Waals surface area (Å²) in [5.41, 5.74) is -0.463. The van der Waals surface area contributed by atoms with Gasteiger partial charge >= 0.3 is 5.69 Å². The van der Waals surface area contributed by atoms with Gasteiger partial charge in [0.15, 0.2) is 0 Å². The second-order valence-corrected chi connectivity index (χ2v) is 3.40. The second kappa shape index (κ2) is 5.43. The third-order valence-electron chi connectivity index (χ3n) is 2.04. The van der Waals surface area contributed by atoms with Gasteiger partial charge < -0.3 is 10.2 Å². The predicted octanol–water partition coefficient (Wildman–Crippen LogP) is -1.25. The van der Waals surface area contributed by atoms with Crippen LogP contribution in [-0.2, 0) is 6.54 Å². The molecule has 0 bridgehead atoms. The number of rotatable bonds is 4. The van der Waals surface area contributed by atoms with Gasteiger partial charge in [-0.2, -0.15) is 0 Å². The van der Waals surface area contributed by atoms with E-state index in [4.69, 9.17) is 10.2 Å². The number of H-pyrrole nitrogens is 1. The topological polar surface area (TPSA) is 95.3 Å². The summed E-state index contributed by atoms with van der Waals surface area (Å²) >= 11 is 0. The number of allylic oxidation sites excluding steroid dienone is 1. The van der Waals surface area contributed by atoms with E-state index in [1.54, 1.807) is 13.0 Å². The van der Waals surface area contributed by atoms with Crippen LogP contribution >= 0.6 is 0 Å². The maximum atomic E-state index is 11.3. The van der Waals surface area contributed by atoms with E-state index in [1.165, 1.54) is 16.8 Å². The molecule has 0 aliphatic heterocycles. The number of nitrogens with zero attached hydrogens (tertiary/aromatic N) is 1. The van der Waals surface area contributed by atoms with Crippen molar-refractivity contribution in [2.75, 3.05) is 6.61 Å². The highest BCUT2D eigenvalue weighted by molar-refractivity contribution is 5.01. The lowest BCUT2D eigenvalue weighted by atomic mass is 10.3. The van der Waals surface area contributed by atoms with Gasteiger partial charge in [0, 0.05) is 18.3 Å². The van der Waals surface area contributed by atoms with Crippen molar-refractivity contribution in [3.8, 4) is 0 Å². The molecule has 0 fully saturated rings. The molecule has 0 spiro atoms. The lowest BCUT2D eigenvalue weighted by molar-refractivity contribution is 0.131. The van der Waals surface area contributed by atoms with Crippen molar-refractivity contribution in [1.29, 1.82) is 0 Å². The molecule has 1 rings (SSSR count). The average Bonchev–Trinajstić information content (AvgIpc) is 2.25. The number of hydrogen-bond acceptors (Lipinski definition) is 4. The zero-order valence-corrected chi connectivity index (χ0v) is 8.88. The molecule has 1 aromatic heterocycles. The number of aromatic nitrogens is 2. The van der Waals surface area contributed by atoms with Gasteiger partial charge in [-0.05, 0) is 6.92 Å². The Kier molecular flexibility index (Phi) is 4.21. The molecule has 1 aromatic rings. The molecular formula is C10H14N2O4. The zero-order chi connectivity index (χ0) is 12.1. The standard InChI is InChI=1S/C10H14N2O4/c1-7-5-12(10(16)11-9(7)15)4-2-3-8(14)6-13/h2-3,5,8,13-14H,4,6H2,1H3,(H,11,15,16)/b3-2-/t8-/m1/s1. The van der Waals surface area contributed by atoms with Gasteiger partial charge in [0.1, 0.15) is 0 Å². The van der Waals surface area contributed by atoms with Gasteiger partial charge in [0.25, 0.3) is 5.56 Å². The van der Waals surface area contributed by atoms with Crippen LogP contribution in [0.15, 0.2) is 27.9 Å². The van der Waals surface area contributed by atoms with Crippen LogP contribution in [0.1, 0.15) is 5.56 Å². The number of aromatic amines is 1. The summed E-state index contributed by atoms with van der Waals surface area (Å²) in [6.07, 6.45) is 3.43.